The van der Waals surface area contributed by atoms with Crippen molar-refractivity contribution in [2.24, 2.45) is 0 Å². The number of carbonyl (C=O) groups is 1. The summed E-state index contributed by atoms with van der Waals surface area (Å²) in [6, 6.07) is 19.1. The maximum Gasteiger partial charge on any atom is 0.262 e. The summed E-state index contributed by atoms with van der Waals surface area (Å²) in [5.41, 5.74) is 2.09. The third kappa shape index (κ3) is 6.80. The maximum absolute atomic E-state index is 12.7. The van der Waals surface area contributed by atoms with E-state index in [0.717, 1.165) is 5.56 Å². The molecule has 8 nitrogen and oxygen atoms in total. The van der Waals surface area contributed by atoms with E-state index < -0.39 is 19.9 Å². The summed E-state index contributed by atoms with van der Waals surface area (Å²) >= 11 is 0. The van der Waals surface area contributed by atoms with Crippen LogP contribution < -0.4 is 14.8 Å². The van der Waals surface area contributed by atoms with Crippen LogP contribution in [0, 0.1) is 0 Å². The number of sulfonamides is 1. The molecule has 0 fully saturated rings. The van der Waals surface area contributed by atoms with Gasteiger partial charge in [-0.05, 0) is 47.5 Å². The smallest absolute Gasteiger partial charge is 0.262 e. The van der Waals surface area contributed by atoms with Gasteiger partial charge in [-0.15, -0.1) is 0 Å². The molecule has 0 unspecified atom stereocenters. The summed E-state index contributed by atoms with van der Waals surface area (Å²) in [5.74, 6) is -0.0147. The molecule has 3 aromatic rings. The summed E-state index contributed by atoms with van der Waals surface area (Å²) in [7, 11) is -5.53. The second kappa shape index (κ2) is 10.1. The number of para-hydroxylation sites is 2. The van der Waals surface area contributed by atoms with Crippen LogP contribution in [0.5, 0.6) is 5.75 Å². The van der Waals surface area contributed by atoms with Gasteiger partial charge in [0.1, 0.15) is 5.75 Å². The molecule has 0 heterocycles. The Hall–Kier alpha value is -3.37. The molecular weight excluding hydrogens is 464 g/mol. The highest BCUT2D eigenvalue weighted by atomic mass is 32.2. The summed E-state index contributed by atoms with van der Waals surface area (Å²) in [4.78, 5) is 12.4. The predicted octanol–water partition coefficient (Wildman–Crippen LogP) is 2.97. The molecule has 3 aromatic carbocycles. The van der Waals surface area contributed by atoms with Crippen LogP contribution in [-0.4, -0.2) is 36.1 Å². The monoisotopic (exact) mass is 488 g/mol. The number of methoxy groups -OCH3 is 1. The largest absolute Gasteiger partial charge is 0.495 e. The summed E-state index contributed by atoms with van der Waals surface area (Å²) < 4.78 is 55.7. The SMILES string of the molecule is COc1ccccc1NS(=O)(=O)c1ccc(C(=O)NCc2ccc(CS(C)(=O)=O)cc2)cc1. The first-order chi connectivity index (χ1) is 15.6. The maximum atomic E-state index is 12.7. The summed E-state index contributed by atoms with van der Waals surface area (Å²) in [6.07, 6.45) is 1.17. The van der Waals surface area contributed by atoms with Gasteiger partial charge in [-0.25, -0.2) is 16.8 Å². The second-order valence-electron chi connectivity index (χ2n) is 7.40. The first kappa shape index (κ1) is 24.3. The van der Waals surface area contributed by atoms with E-state index >= 15 is 0 Å². The molecule has 3 rings (SSSR count). The Morgan fingerprint density at radius 1 is 0.848 bits per heavy atom. The molecule has 0 bridgehead atoms. The zero-order chi connectivity index (χ0) is 24.1. The molecule has 0 aliphatic heterocycles. The van der Waals surface area contributed by atoms with Crippen LogP contribution in [0.4, 0.5) is 5.69 Å². The Balaban J connectivity index is 1.63. The Kier molecular flexibility index (Phi) is 7.39. The van der Waals surface area contributed by atoms with Gasteiger partial charge in [0.05, 0.1) is 23.4 Å². The van der Waals surface area contributed by atoms with Crippen LogP contribution in [0.15, 0.2) is 77.7 Å². The number of anilines is 1. The molecule has 0 atom stereocenters. The van der Waals surface area contributed by atoms with Crippen molar-refractivity contribution in [3.05, 3.63) is 89.5 Å². The van der Waals surface area contributed by atoms with E-state index in [-0.39, 0.29) is 23.1 Å². The number of carbonyl (C=O) groups excluding carboxylic acids is 1. The Morgan fingerprint density at radius 2 is 1.45 bits per heavy atom. The molecular formula is C23H24N2O6S2. The van der Waals surface area contributed by atoms with Gasteiger partial charge >= 0.3 is 0 Å². The third-order valence-corrected chi connectivity index (χ3v) is 6.92. The predicted molar refractivity (Wildman–Crippen MR) is 126 cm³/mol. The van der Waals surface area contributed by atoms with Gasteiger partial charge in [-0.1, -0.05) is 36.4 Å². The highest BCUT2D eigenvalue weighted by molar-refractivity contribution is 7.92. The van der Waals surface area contributed by atoms with Gasteiger partial charge in [0.25, 0.3) is 15.9 Å². The van der Waals surface area contributed by atoms with Gasteiger partial charge in [0.2, 0.25) is 0 Å². The summed E-state index contributed by atoms with van der Waals surface area (Å²) in [5, 5.41) is 2.76. The van der Waals surface area contributed by atoms with Crippen LogP contribution in [0.25, 0.3) is 0 Å². The quantitative estimate of drug-likeness (QED) is 0.478. The van der Waals surface area contributed by atoms with Crippen molar-refractivity contribution in [3.8, 4) is 5.75 Å². The highest BCUT2D eigenvalue weighted by Crippen LogP contribution is 2.26. The fraction of sp³-hybridized carbons (Fsp3) is 0.174. The van der Waals surface area contributed by atoms with Gasteiger partial charge < -0.3 is 10.1 Å². The molecule has 0 saturated carbocycles. The van der Waals surface area contributed by atoms with Gasteiger partial charge in [-0.3, -0.25) is 9.52 Å². The molecule has 0 radical (unpaired) electrons. The van der Waals surface area contributed by atoms with Crippen molar-refractivity contribution in [1.29, 1.82) is 0 Å². The van der Waals surface area contributed by atoms with Crippen molar-refractivity contribution in [2.75, 3.05) is 18.1 Å². The number of ether oxygens (including phenoxy) is 1. The average Bonchev–Trinajstić information content (AvgIpc) is 2.77. The van der Waals surface area contributed by atoms with Crippen LogP contribution in [0.2, 0.25) is 0 Å². The average molecular weight is 489 g/mol. The lowest BCUT2D eigenvalue weighted by Crippen LogP contribution is -2.23. The molecule has 0 aliphatic carbocycles. The van der Waals surface area contributed by atoms with Crippen molar-refractivity contribution >= 4 is 31.5 Å². The first-order valence-electron chi connectivity index (χ1n) is 9.87. The van der Waals surface area contributed by atoms with Crippen molar-refractivity contribution in [1.82, 2.24) is 5.32 Å². The Bertz CT molecular complexity index is 1330. The minimum absolute atomic E-state index is 0.00595. The van der Waals surface area contributed by atoms with Crippen LogP contribution in [0.1, 0.15) is 21.5 Å². The number of sulfone groups is 1. The zero-order valence-corrected chi connectivity index (χ0v) is 19.7. The van der Waals surface area contributed by atoms with E-state index in [1.807, 2.05) is 0 Å². The standard InChI is InChI=1S/C23H24N2O6S2/c1-31-22-6-4-3-5-21(22)25-33(29,30)20-13-11-19(12-14-20)23(26)24-15-17-7-9-18(10-8-17)16-32(2,27)28/h3-14,25H,15-16H2,1-2H3,(H,24,26). The van der Waals surface area contributed by atoms with E-state index in [9.17, 15) is 21.6 Å². The minimum Gasteiger partial charge on any atom is -0.495 e. The molecule has 1 amide bonds. The Morgan fingerprint density at radius 3 is 2.06 bits per heavy atom. The van der Waals surface area contributed by atoms with E-state index in [0.29, 0.717) is 22.6 Å². The van der Waals surface area contributed by atoms with Gasteiger partial charge in [-0.2, -0.15) is 0 Å². The molecule has 0 aliphatic rings. The van der Waals surface area contributed by atoms with Gasteiger partial charge in [0.15, 0.2) is 9.84 Å². The fourth-order valence-corrected chi connectivity index (χ4v) is 4.93. The van der Waals surface area contributed by atoms with E-state index in [1.165, 1.54) is 37.6 Å². The topological polar surface area (TPSA) is 119 Å². The summed E-state index contributed by atoms with van der Waals surface area (Å²) in [6.45, 7) is 0.243. The molecule has 0 aromatic heterocycles. The number of rotatable bonds is 9. The van der Waals surface area contributed by atoms with E-state index in [4.69, 9.17) is 4.74 Å². The normalized spacial score (nSPS) is 11.6. The van der Waals surface area contributed by atoms with E-state index in [2.05, 4.69) is 10.0 Å². The minimum atomic E-state index is -3.87. The van der Waals surface area contributed by atoms with E-state index in [1.54, 1.807) is 48.5 Å². The molecule has 174 valence electrons. The molecule has 2 N–H and O–H groups in total. The number of benzene rings is 3. The van der Waals surface area contributed by atoms with Crippen molar-refractivity contribution in [3.63, 3.8) is 0 Å². The molecule has 10 heteroatoms. The van der Waals surface area contributed by atoms with Crippen molar-refractivity contribution in [2.45, 2.75) is 17.2 Å². The highest BCUT2D eigenvalue weighted by Gasteiger charge is 2.17. The first-order valence-corrected chi connectivity index (χ1v) is 13.4. The second-order valence-corrected chi connectivity index (χ2v) is 11.2. The van der Waals surface area contributed by atoms with Crippen molar-refractivity contribution < 1.29 is 26.4 Å². The number of hydrogen-bond acceptors (Lipinski definition) is 6. The van der Waals surface area contributed by atoms with Crippen LogP contribution >= 0.6 is 0 Å². The van der Waals surface area contributed by atoms with Gasteiger partial charge in [0, 0.05) is 18.4 Å². The third-order valence-electron chi connectivity index (χ3n) is 4.68. The lowest BCUT2D eigenvalue weighted by Gasteiger charge is -2.12. The zero-order valence-electron chi connectivity index (χ0n) is 18.1. The lowest BCUT2D eigenvalue weighted by molar-refractivity contribution is 0.0951. The lowest BCUT2D eigenvalue weighted by atomic mass is 10.1. The molecule has 33 heavy (non-hydrogen) atoms. The molecule has 0 spiro atoms. The molecule has 0 saturated heterocycles. The number of nitrogens with one attached hydrogen (secondary N) is 2. The Labute approximate surface area is 193 Å². The number of amides is 1. The van der Waals surface area contributed by atoms with Crippen LogP contribution in [-0.2, 0) is 32.2 Å². The fourth-order valence-electron chi connectivity index (χ4n) is 3.06. The van der Waals surface area contributed by atoms with Crippen LogP contribution in [0.3, 0.4) is 0 Å². The number of hydrogen-bond donors (Lipinski definition) is 2.